The van der Waals surface area contributed by atoms with E-state index in [4.69, 9.17) is 0 Å². The molecule has 1 N–H and O–H groups in total. The van der Waals surface area contributed by atoms with Crippen molar-refractivity contribution in [3.63, 3.8) is 0 Å². The Morgan fingerprint density at radius 3 is 3.00 bits per heavy atom. The summed E-state index contributed by atoms with van der Waals surface area (Å²) in [5.74, 6) is -0.371. The summed E-state index contributed by atoms with van der Waals surface area (Å²) in [6.07, 6.45) is 2.87. The molecule has 6 nitrogen and oxygen atoms in total. The number of imidazole rings is 1. The molecule has 3 rings (SSSR count). The van der Waals surface area contributed by atoms with Gasteiger partial charge >= 0.3 is 0 Å². The van der Waals surface area contributed by atoms with Crippen molar-refractivity contribution in [3.05, 3.63) is 48.2 Å². The summed E-state index contributed by atoms with van der Waals surface area (Å²) < 4.78 is 42.6. The third kappa shape index (κ3) is 3.01. The molecule has 0 radical (unpaired) electrons. The molecule has 1 saturated heterocycles. The fraction of sp³-hybridized carbons (Fsp3) is 0.400. The summed E-state index contributed by atoms with van der Waals surface area (Å²) in [7, 11) is -3.70. The number of nitrogens with one attached hydrogen (secondary N) is 1. The maximum Gasteiger partial charge on any atom is 0.260 e. The van der Waals surface area contributed by atoms with Gasteiger partial charge in [-0.15, -0.1) is 0 Å². The van der Waals surface area contributed by atoms with Gasteiger partial charge in [-0.1, -0.05) is 12.1 Å². The van der Waals surface area contributed by atoms with Crippen LogP contribution in [-0.2, 0) is 16.6 Å². The van der Waals surface area contributed by atoms with E-state index in [1.54, 1.807) is 16.7 Å². The van der Waals surface area contributed by atoms with Crippen molar-refractivity contribution in [3.8, 4) is 0 Å². The molecule has 1 aromatic carbocycles. The number of aromatic nitrogens is 2. The zero-order valence-corrected chi connectivity index (χ0v) is 13.6. The van der Waals surface area contributed by atoms with Crippen LogP contribution < -0.4 is 5.32 Å². The predicted octanol–water partition coefficient (Wildman–Crippen LogP) is 1.38. The fourth-order valence-electron chi connectivity index (χ4n) is 2.85. The molecule has 0 spiro atoms. The minimum atomic E-state index is -3.70. The first-order valence-corrected chi connectivity index (χ1v) is 8.96. The van der Waals surface area contributed by atoms with Gasteiger partial charge in [0, 0.05) is 26.2 Å². The third-order valence-corrected chi connectivity index (χ3v) is 5.94. The van der Waals surface area contributed by atoms with Crippen LogP contribution in [0.5, 0.6) is 0 Å². The summed E-state index contributed by atoms with van der Waals surface area (Å²) in [5.41, 5.74) is 0.642. The maximum atomic E-state index is 13.5. The van der Waals surface area contributed by atoms with Crippen LogP contribution in [-0.4, -0.2) is 41.9 Å². The highest BCUT2D eigenvalue weighted by Crippen LogP contribution is 2.29. The first-order valence-electron chi connectivity index (χ1n) is 7.52. The topological polar surface area (TPSA) is 67.2 Å². The summed E-state index contributed by atoms with van der Waals surface area (Å²) in [5, 5.41) is 3.35. The van der Waals surface area contributed by atoms with Crippen LogP contribution in [0.2, 0.25) is 0 Å². The molecular weight excluding hydrogens is 319 g/mol. The number of rotatable bonds is 4. The van der Waals surface area contributed by atoms with Gasteiger partial charge in [0.2, 0.25) is 0 Å². The lowest BCUT2D eigenvalue weighted by Crippen LogP contribution is -2.48. The highest BCUT2D eigenvalue weighted by Gasteiger charge is 2.36. The number of sulfonamides is 1. The fourth-order valence-corrected chi connectivity index (χ4v) is 4.62. The highest BCUT2D eigenvalue weighted by molar-refractivity contribution is 7.89. The Balaban J connectivity index is 2.01. The molecule has 1 aromatic heterocycles. The van der Waals surface area contributed by atoms with Crippen molar-refractivity contribution in [1.82, 2.24) is 19.2 Å². The summed E-state index contributed by atoms with van der Waals surface area (Å²) >= 11 is 0. The van der Waals surface area contributed by atoms with Crippen molar-refractivity contribution in [2.45, 2.75) is 24.5 Å². The molecule has 0 bridgehead atoms. The number of piperazine rings is 1. The summed E-state index contributed by atoms with van der Waals surface area (Å²) in [4.78, 5) is 3.95. The van der Waals surface area contributed by atoms with Crippen LogP contribution in [0, 0.1) is 5.82 Å². The van der Waals surface area contributed by atoms with Crippen LogP contribution in [0.1, 0.15) is 18.5 Å². The molecule has 23 heavy (non-hydrogen) atoms. The Kier molecular flexibility index (Phi) is 4.47. The molecule has 1 aliphatic heterocycles. The van der Waals surface area contributed by atoms with E-state index < -0.39 is 16.1 Å². The van der Waals surface area contributed by atoms with Crippen molar-refractivity contribution in [1.29, 1.82) is 0 Å². The molecule has 1 unspecified atom stereocenters. The second kappa shape index (κ2) is 6.38. The van der Waals surface area contributed by atoms with Crippen LogP contribution in [0.15, 0.2) is 41.8 Å². The smallest absolute Gasteiger partial charge is 0.260 e. The van der Waals surface area contributed by atoms with Gasteiger partial charge in [0.1, 0.15) is 5.82 Å². The van der Waals surface area contributed by atoms with E-state index in [0.29, 0.717) is 31.7 Å². The van der Waals surface area contributed by atoms with E-state index in [1.165, 1.54) is 29.0 Å². The van der Waals surface area contributed by atoms with E-state index in [1.807, 2.05) is 6.92 Å². The second-order valence-corrected chi connectivity index (χ2v) is 7.25. The van der Waals surface area contributed by atoms with Crippen molar-refractivity contribution < 1.29 is 12.8 Å². The van der Waals surface area contributed by atoms with E-state index in [9.17, 15) is 12.8 Å². The Morgan fingerprint density at radius 1 is 1.43 bits per heavy atom. The van der Waals surface area contributed by atoms with E-state index in [2.05, 4.69) is 10.3 Å². The van der Waals surface area contributed by atoms with Gasteiger partial charge in [0.05, 0.1) is 18.6 Å². The highest BCUT2D eigenvalue weighted by atomic mass is 32.2. The van der Waals surface area contributed by atoms with Gasteiger partial charge in [0.25, 0.3) is 10.0 Å². The molecule has 124 valence electrons. The average Bonchev–Trinajstić information content (AvgIpc) is 3.04. The van der Waals surface area contributed by atoms with Crippen LogP contribution in [0.25, 0.3) is 0 Å². The SMILES string of the molecule is CCn1cncc1S(=O)(=O)N1CCNCC1c1cccc(F)c1. The molecule has 0 aliphatic carbocycles. The van der Waals surface area contributed by atoms with Gasteiger partial charge in [-0.05, 0) is 24.6 Å². The quantitative estimate of drug-likeness (QED) is 0.914. The van der Waals surface area contributed by atoms with Gasteiger partial charge in [-0.25, -0.2) is 17.8 Å². The molecule has 8 heteroatoms. The lowest BCUT2D eigenvalue weighted by Gasteiger charge is -2.35. The van der Waals surface area contributed by atoms with E-state index in [-0.39, 0.29) is 10.8 Å². The van der Waals surface area contributed by atoms with Crippen LogP contribution in [0.4, 0.5) is 4.39 Å². The van der Waals surface area contributed by atoms with Crippen molar-refractivity contribution in [2.75, 3.05) is 19.6 Å². The van der Waals surface area contributed by atoms with Crippen LogP contribution >= 0.6 is 0 Å². The first-order chi connectivity index (χ1) is 11.0. The van der Waals surface area contributed by atoms with Crippen molar-refractivity contribution in [2.24, 2.45) is 0 Å². The number of hydrogen-bond acceptors (Lipinski definition) is 4. The van der Waals surface area contributed by atoms with Gasteiger partial charge in [0.15, 0.2) is 5.03 Å². The zero-order chi connectivity index (χ0) is 16.4. The largest absolute Gasteiger partial charge is 0.321 e. The molecule has 2 heterocycles. The monoisotopic (exact) mass is 338 g/mol. The summed E-state index contributed by atoms with van der Waals surface area (Å²) in [6.45, 7) is 3.72. The molecule has 0 amide bonds. The molecule has 2 aromatic rings. The Morgan fingerprint density at radius 2 is 2.26 bits per heavy atom. The molecular formula is C15H19FN4O2S. The number of nitrogens with zero attached hydrogens (tertiary/aromatic N) is 3. The Hall–Kier alpha value is -1.77. The zero-order valence-electron chi connectivity index (χ0n) is 12.8. The van der Waals surface area contributed by atoms with Gasteiger partial charge in [-0.3, -0.25) is 0 Å². The molecule has 1 aliphatic rings. The van der Waals surface area contributed by atoms with E-state index in [0.717, 1.165) is 0 Å². The normalized spacial score (nSPS) is 19.8. The van der Waals surface area contributed by atoms with Crippen molar-refractivity contribution >= 4 is 10.0 Å². The predicted molar refractivity (Wildman–Crippen MR) is 83.8 cm³/mol. The second-order valence-electron chi connectivity index (χ2n) is 5.41. The van der Waals surface area contributed by atoms with E-state index >= 15 is 0 Å². The number of aryl methyl sites for hydroxylation is 1. The summed E-state index contributed by atoms with van der Waals surface area (Å²) in [6, 6.07) is 5.65. The standard InChI is InChI=1S/C15H19FN4O2S/c1-2-19-11-18-10-15(19)23(21,22)20-7-6-17-9-14(20)12-4-3-5-13(16)8-12/h3-5,8,10-11,14,17H,2,6-7,9H2,1H3. The van der Waals surface area contributed by atoms with Crippen LogP contribution in [0.3, 0.4) is 0 Å². The molecule has 0 saturated carbocycles. The lowest BCUT2D eigenvalue weighted by molar-refractivity contribution is 0.269. The molecule has 1 atom stereocenters. The van der Waals surface area contributed by atoms with Gasteiger partial charge in [-0.2, -0.15) is 4.31 Å². The molecule has 1 fully saturated rings. The third-order valence-electron chi connectivity index (χ3n) is 4.02. The maximum absolute atomic E-state index is 13.5. The Bertz CT molecular complexity index is 790. The average molecular weight is 338 g/mol. The minimum Gasteiger partial charge on any atom is -0.321 e. The minimum absolute atomic E-state index is 0.170. The Labute approximate surface area is 135 Å². The van der Waals surface area contributed by atoms with Gasteiger partial charge < -0.3 is 9.88 Å². The number of hydrogen-bond donors (Lipinski definition) is 1. The first kappa shape index (κ1) is 16.1. The number of benzene rings is 1. The lowest BCUT2D eigenvalue weighted by atomic mass is 10.1. The number of halogens is 1.